The van der Waals surface area contributed by atoms with E-state index >= 15 is 0 Å². The predicted octanol–water partition coefficient (Wildman–Crippen LogP) is 1.50. The minimum absolute atomic E-state index is 0.105. The van der Waals surface area contributed by atoms with Gasteiger partial charge in [0, 0.05) is 37.6 Å². The number of aryl methyl sites for hydroxylation is 2. The number of hydrogen-bond donors (Lipinski definition) is 1. The van der Waals surface area contributed by atoms with Crippen LogP contribution >= 0.6 is 11.3 Å². The Kier molecular flexibility index (Phi) is 3.52. The van der Waals surface area contributed by atoms with Gasteiger partial charge in [-0.05, 0) is 26.3 Å². The first-order valence-corrected chi connectivity index (χ1v) is 7.91. The molecular formula is C14H20N4OS. The van der Waals surface area contributed by atoms with E-state index in [0.717, 1.165) is 47.9 Å². The van der Waals surface area contributed by atoms with Crippen LogP contribution in [0.15, 0.2) is 4.79 Å². The molecule has 0 bridgehead atoms. The van der Waals surface area contributed by atoms with Crippen molar-refractivity contribution >= 4 is 27.5 Å². The highest BCUT2D eigenvalue weighted by atomic mass is 32.1. The maximum absolute atomic E-state index is 12.7. The third-order valence-corrected chi connectivity index (χ3v) is 5.09. The van der Waals surface area contributed by atoms with Crippen LogP contribution in [-0.2, 0) is 6.54 Å². The summed E-state index contributed by atoms with van der Waals surface area (Å²) in [7, 11) is 0. The largest absolute Gasteiger partial charge is 0.340 e. The lowest BCUT2D eigenvalue weighted by atomic mass is 10.2. The fourth-order valence-electron chi connectivity index (χ4n) is 2.71. The number of aromatic nitrogens is 2. The molecule has 6 heteroatoms. The zero-order valence-electron chi connectivity index (χ0n) is 12.2. The fraction of sp³-hybridized carbons (Fsp3) is 0.571. The van der Waals surface area contributed by atoms with Gasteiger partial charge in [-0.1, -0.05) is 0 Å². The average molecular weight is 292 g/mol. The molecule has 3 rings (SSSR count). The van der Waals surface area contributed by atoms with Gasteiger partial charge in [-0.3, -0.25) is 9.36 Å². The summed E-state index contributed by atoms with van der Waals surface area (Å²) >= 11 is 1.62. The first-order valence-electron chi connectivity index (χ1n) is 7.09. The van der Waals surface area contributed by atoms with Crippen LogP contribution in [-0.4, -0.2) is 35.7 Å². The second kappa shape index (κ2) is 5.18. The Balaban J connectivity index is 2.23. The first kappa shape index (κ1) is 13.6. The minimum Gasteiger partial charge on any atom is -0.340 e. The molecule has 0 saturated carbocycles. The van der Waals surface area contributed by atoms with E-state index in [1.165, 1.54) is 4.88 Å². The molecule has 5 nitrogen and oxygen atoms in total. The van der Waals surface area contributed by atoms with Crippen molar-refractivity contribution in [2.45, 2.75) is 27.3 Å². The lowest BCUT2D eigenvalue weighted by Gasteiger charge is -2.29. The van der Waals surface area contributed by atoms with Crippen LogP contribution in [0.1, 0.15) is 17.4 Å². The third kappa shape index (κ3) is 2.03. The molecule has 0 unspecified atom stereocenters. The van der Waals surface area contributed by atoms with Crippen LogP contribution in [0.5, 0.6) is 0 Å². The van der Waals surface area contributed by atoms with Crippen molar-refractivity contribution in [1.29, 1.82) is 0 Å². The SMILES string of the molecule is CCn1c(N2CCNCC2)nc2sc(C)c(C)c2c1=O. The number of rotatable bonds is 2. The van der Waals surface area contributed by atoms with E-state index in [2.05, 4.69) is 17.1 Å². The molecule has 1 saturated heterocycles. The molecule has 1 N–H and O–H groups in total. The predicted molar refractivity (Wildman–Crippen MR) is 84.1 cm³/mol. The summed E-state index contributed by atoms with van der Waals surface area (Å²) in [5.41, 5.74) is 1.18. The van der Waals surface area contributed by atoms with E-state index in [1.807, 2.05) is 18.4 Å². The number of nitrogens with zero attached hydrogens (tertiary/aromatic N) is 3. The van der Waals surface area contributed by atoms with E-state index in [-0.39, 0.29) is 5.56 Å². The van der Waals surface area contributed by atoms with Gasteiger partial charge in [0.1, 0.15) is 4.83 Å². The Hall–Kier alpha value is -1.40. The molecule has 2 aromatic heterocycles. The van der Waals surface area contributed by atoms with Gasteiger partial charge in [0.15, 0.2) is 0 Å². The monoisotopic (exact) mass is 292 g/mol. The molecule has 3 heterocycles. The number of thiophene rings is 1. The van der Waals surface area contributed by atoms with Crippen LogP contribution in [0.4, 0.5) is 5.95 Å². The van der Waals surface area contributed by atoms with Gasteiger partial charge in [0.05, 0.1) is 5.39 Å². The Morgan fingerprint density at radius 2 is 2.00 bits per heavy atom. The van der Waals surface area contributed by atoms with Gasteiger partial charge in [-0.15, -0.1) is 11.3 Å². The van der Waals surface area contributed by atoms with Gasteiger partial charge in [-0.25, -0.2) is 4.98 Å². The summed E-state index contributed by atoms with van der Waals surface area (Å²) in [6.07, 6.45) is 0. The molecule has 2 aromatic rings. The molecule has 0 amide bonds. The summed E-state index contributed by atoms with van der Waals surface area (Å²) in [6.45, 7) is 10.4. The number of nitrogens with one attached hydrogen (secondary N) is 1. The van der Waals surface area contributed by atoms with E-state index in [9.17, 15) is 4.79 Å². The van der Waals surface area contributed by atoms with E-state index < -0.39 is 0 Å². The van der Waals surface area contributed by atoms with Gasteiger partial charge < -0.3 is 10.2 Å². The lowest BCUT2D eigenvalue weighted by Crippen LogP contribution is -2.46. The third-order valence-electron chi connectivity index (χ3n) is 3.98. The van der Waals surface area contributed by atoms with Crippen molar-refractivity contribution in [1.82, 2.24) is 14.9 Å². The highest BCUT2D eigenvalue weighted by Gasteiger charge is 2.20. The van der Waals surface area contributed by atoms with E-state index in [1.54, 1.807) is 11.3 Å². The summed E-state index contributed by atoms with van der Waals surface area (Å²) < 4.78 is 1.81. The Morgan fingerprint density at radius 1 is 1.30 bits per heavy atom. The summed E-state index contributed by atoms with van der Waals surface area (Å²) in [6, 6.07) is 0. The minimum atomic E-state index is 0.105. The Labute approximate surface area is 122 Å². The Morgan fingerprint density at radius 3 is 2.65 bits per heavy atom. The maximum atomic E-state index is 12.7. The maximum Gasteiger partial charge on any atom is 0.263 e. The molecule has 0 atom stereocenters. The Bertz CT molecular complexity index is 697. The fourth-order valence-corrected chi connectivity index (χ4v) is 3.72. The molecule has 1 aliphatic heterocycles. The second-order valence-corrected chi connectivity index (χ2v) is 6.36. The molecule has 108 valence electrons. The van der Waals surface area contributed by atoms with Gasteiger partial charge in [0.25, 0.3) is 5.56 Å². The zero-order chi connectivity index (χ0) is 14.3. The smallest absolute Gasteiger partial charge is 0.263 e. The quantitative estimate of drug-likeness (QED) is 0.911. The van der Waals surface area contributed by atoms with Crippen LogP contribution in [0.3, 0.4) is 0 Å². The van der Waals surface area contributed by atoms with Crippen molar-refractivity contribution in [2.24, 2.45) is 0 Å². The van der Waals surface area contributed by atoms with E-state index in [0.29, 0.717) is 6.54 Å². The van der Waals surface area contributed by atoms with Crippen LogP contribution in [0.2, 0.25) is 0 Å². The van der Waals surface area contributed by atoms with Crippen molar-refractivity contribution in [3.8, 4) is 0 Å². The van der Waals surface area contributed by atoms with Crippen molar-refractivity contribution < 1.29 is 0 Å². The van der Waals surface area contributed by atoms with Crippen LogP contribution in [0, 0.1) is 13.8 Å². The van der Waals surface area contributed by atoms with Gasteiger partial charge >= 0.3 is 0 Å². The topological polar surface area (TPSA) is 50.2 Å². The molecule has 0 radical (unpaired) electrons. The molecule has 20 heavy (non-hydrogen) atoms. The first-order chi connectivity index (χ1) is 9.63. The number of fused-ring (bicyclic) bond motifs is 1. The molecule has 0 aliphatic carbocycles. The highest BCUT2D eigenvalue weighted by molar-refractivity contribution is 7.18. The summed E-state index contributed by atoms with van der Waals surface area (Å²) in [5.74, 6) is 0.827. The second-order valence-electron chi connectivity index (χ2n) is 5.16. The molecule has 0 spiro atoms. The van der Waals surface area contributed by atoms with Crippen LogP contribution < -0.4 is 15.8 Å². The standard InChI is InChI=1S/C14H20N4OS/c1-4-18-13(19)11-9(2)10(3)20-12(11)16-14(18)17-7-5-15-6-8-17/h15H,4-8H2,1-3H3. The van der Waals surface area contributed by atoms with Gasteiger partial charge in [-0.2, -0.15) is 0 Å². The number of anilines is 1. The van der Waals surface area contributed by atoms with Crippen molar-refractivity contribution in [3.63, 3.8) is 0 Å². The highest BCUT2D eigenvalue weighted by Crippen LogP contribution is 2.28. The van der Waals surface area contributed by atoms with Crippen molar-refractivity contribution in [3.05, 3.63) is 20.8 Å². The molecule has 1 aliphatic rings. The van der Waals surface area contributed by atoms with E-state index in [4.69, 9.17) is 4.98 Å². The van der Waals surface area contributed by atoms with Crippen molar-refractivity contribution in [2.75, 3.05) is 31.1 Å². The molecule has 1 fully saturated rings. The zero-order valence-corrected chi connectivity index (χ0v) is 13.0. The number of hydrogen-bond acceptors (Lipinski definition) is 5. The summed E-state index contributed by atoms with van der Waals surface area (Å²) in [4.78, 5) is 21.8. The normalized spacial score (nSPS) is 16.1. The molecular weight excluding hydrogens is 272 g/mol. The number of piperazine rings is 1. The average Bonchev–Trinajstić information content (AvgIpc) is 2.75. The van der Waals surface area contributed by atoms with Gasteiger partial charge in [0.2, 0.25) is 5.95 Å². The van der Waals surface area contributed by atoms with Crippen LogP contribution in [0.25, 0.3) is 10.2 Å². The summed E-state index contributed by atoms with van der Waals surface area (Å²) in [5, 5.41) is 4.13. The molecule has 0 aromatic carbocycles. The lowest BCUT2D eigenvalue weighted by molar-refractivity contribution is 0.561.